The van der Waals surface area contributed by atoms with Crippen molar-refractivity contribution in [1.29, 1.82) is 0 Å². The van der Waals surface area contributed by atoms with Crippen molar-refractivity contribution in [3.8, 4) is 39.1 Å². The number of hydrogen-bond acceptors (Lipinski definition) is 2. The molecule has 0 aliphatic heterocycles. The summed E-state index contributed by atoms with van der Waals surface area (Å²) in [5.41, 5.74) is 6.59. The SMILES string of the molecule is [2H]c1c([2H])c(N(c2c([2H])c([2H])c(-c3ccc4c(c3)c3ccccc3n4-c3ccccc3)c([2H])c2[2H])c2cccc3oc4c5ccccc5ccc4c23)c([2H])c([2H])c1-c1cccc(-c2ccc3ccccc3c2)c1. The van der Waals surface area contributed by atoms with Gasteiger partial charge in [0.25, 0.3) is 0 Å². The maximum atomic E-state index is 9.91. The number of benzene rings is 11. The van der Waals surface area contributed by atoms with Crippen molar-refractivity contribution in [2.75, 3.05) is 4.90 Å². The average Bonchev–Trinajstić information content (AvgIpc) is 3.98. The van der Waals surface area contributed by atoms with Gasteiger partial charge in [-0.2, -0.15) is 0 Å². The molecule has 65 heavy (non-hydrogen) atoms. The molecule has 0 saturated carbocycles. The molecule has 3 nitrogen and oxygen atoms in total. The van der Waals surface area contributed by atoms with E-state index in [1.54, 1.807) is 24.3 Å². The van der Waals surface area contributed by atoms with Crippen molar-refractivity contribution < 1.29 is 15.4 Å². The minimum atomic E-state index is -0.429. The summed E-state index contributed by atoms with van der Waals surface area (Å²) >= 11 is 0. The van der Waals surface area contributed by atoms with Gasteiger partial charge in [0.1, 0.15) is 11.2 Å². The van der Waals surface area contributed by atoms with Crippen LogP contribution in [0.2, 0.25) is 0 Å². The van der Waals surface area contributed by atoms with Crippen LogP contribution in [0.5, 0.6) is 0 Å². The lowest BCUT2D eigenvalue weighted by Crippen LogP contribution is -2.10. The molecule has 2 heterocycles. The first-order valence-corrected chi connectivity index (χ1v) is 21.6. The maximum absolute atomic E-state index is 9.91. The van der Waals surface area contributed by atoms with Crippen LogP contribution in [0.25, 0.3) is 104 Å². The molecule has 13 aromatic rings. The van der Waals surface area contributed by atoms with Gasteiger partial charge in [-0.05, 0) is 134 Å². The van der Waals surface area contributed by atoms with E-state index in [0.717, 1.165) is 60.2 Å². The molecule has 0 bridgehead atoms. The van der Waals surface area contributed by atoms with Crippen LogP contribution in [0.3, 0.4) is 0 Å². The van der Waals surface area contributed by atoms with Crippen LogP contribution in [0.15, 0.2) is 247 Å². The third-order valence-corrected chi connectivity index (χ3v) is 12.5. The number of hydrogen-bond donors (Lipinski definition) is 0. The standard InChI is InChI=1S/C62H40N2O/c1-2-17-50(18-3-1)64-57-21-9-8-20-54(57)56-40-49(31-37-58(56)64)43-28-34-52(35-29-43)63(59-22-11-23-60-61(59)55-36-30-44-13-6-7-19-53(44)62(55)65-60)51-32-26-42(27-33-51)46-15-10-16-47(38-46)48-25-24-41-12-4-5-14-45(41)39-48/h1-40H/i26D,27D,28D,29D,32D,33D,34D,35D. The summed E-state index contributed by atoms with van der Waals surface area (Å²) in [5, 5.41) is 7.00. The van der Waals surface area contributed by atoms with Crippen molar-refractivity contribution in [2.24, 2.45) is 0 Å². The van der Waals surface area contributed by atoms with Gasteiger partial charge in [-0.15, -0.1) is 0 Å². The van der Waals surface area contributed by atoms with E-state index in [-0.39, 0.29) is 46.7 Å². The van der Waals surface area contributed by atoms with Gasteiger partial charge in [0.15, 0.2) is 0 Å². The van der Waals surface area contributed by atoms with Crippen molar-refractivity contribution >= 4 is 82.4 Å². The van der Waals surface area contributed by atoms with E-state index in [0.29, 0.717) is 38.8 Å². The van der Waals surface area contributed by atoms with Crippen molar-refractivity contribution in [2.45, 2.75) is 0 Å². The average molecular weight is 837 g/mol. The van der Waals surface area contributed by atoms with Gasteiger partial charge in [-0.3, -0.25) is 0 Å². The minimum absolute atomic E-state index is 0.0804. The normalized spacial score (nSPS) is 13.4. The molecule has 304 valence electrons. The molecule has 0 aliphatic carbocycles. The highest BCUT2D eigenvalue weighted by Gasteiger charge is 2.21. The van der Waals surface area contributed by atoms with Crippen LogP contribution in [0.1, 0.15) is 11.0 Å². The monoisotopic (exact) mass is 836 g/mol. The molecule has 3 heteroatoms. The summed E-state index contributed by atoms with van der Waals surface area (Å²) in [4.78, 5) is 1.38. The van der Waals surface area contributed by atoms with E-state index in [1.807, 2.05) is 158 Å². The zero-order valence-corrected chi connectivity index (χ0v) is 34.8. The number of anilines is 3. The van der Waals surface area contributed by atoms with Crippen molar-refractivity contribution in [3.05, 3.63) is 242 Å². The Bertz CT molecular complexity index is 4390. The predicted molar refractivity (Wildman–Crippen MR) is 274 cm³/mol. The molecule has 0 atom stereocenters. The zero-order chi connectivity index (χ0) is 49.8. The third kappa shape index (κ3) is 6.20. The third-order valence-electron chi connectivity index (χ3n) is 12.5. The smallest absolute Gasteiger partial charge is 0.143 e. The first-order chi connectivity index (χ1) is 35.6. The van der Waals surface area contributed by atoms with Gasteiger partial charge in [-0.1, -0.05) is 158 Å². The number of nitrogens with zero attached hydrogens (tertiary/aromatic N) is 2. The van der Waals surface area contributed by atoms with Crippen LogP contribution in [0.4, 0.5) is 17.1 Å². The Labute approximate surface area is 387 Å². The highest BCUT2D eigenvalue weighted by Crippen LogP contribution is 2.45. The molecule has 0 radical (unpaired) electrons. The molecule has 0 unspecified atom stereocenters. The van der Waals surface area contributed by atoms with E-state index >= 15 is 0 Å². The fourth-order valence-corrected chi connectivity index (χ4v) is 9.41. The fourth-order valence-electron chi connectivity index (χ4n) is 9.41. The Kier molecular flexibility index (Phi) is 6.84. The summed E-state index contributed by atoms with van der Waals surface area (Å²) in [6, 6.07) is 59.3. The Hall–Kier alpha value is -8.66. The Morgan fingerprint density at radius 3 is 1.74 bits per heavy atom. The number of furan rings is 1. The van der Waals surface area contributed by atoms with Crippen LogP contribution in [-0.2, 0) is 0 Å². The molecule has 2 aromatic heterocycles. The molecule has 0 spiro atoms. The van der Waals surface area contributed by atoms with E-state index in [1.165, 1.54) is 4.90 Å². The number of fused-ring (bicyclic) bond motifs is 9. The first-order valence-electron chi connectivity index (χ1n) is 25.6. The molecular weight excluding hydrogens is 789 g/mol. The molecule has 0 amide bonds. The van der Waals surface area contributed by atoms with E-state index in [2.05, 4.69) is 16.7 Å². The van der Waals surface area contributed by atoms with Gasteiger partial charge in [0.2, 0.25) is 0 Å². The van der Waals surface area contributed by atoms with Crippen molar-refractivity contribution in [3.63, 3.8) is 0 Å². The second-order valence-corrected chi connectivity index (χ2v) is 16.3. The lowest BCUT2D eigenvalue weighted by Gasteiger charge is -2.26. The zero-order valence-electron chi connectivity index (χ0n) is 42.8. The maximum Gasteiger partial charge on any atom is 0.143 e. The number of rotatable bonds is 7. The lowest BCUT2D eigenvalue weighted by molar-refractivity contribution is 0.672. The number of aromatic nitrogens is 1. The lowest BCUT2D eigenvalue weighted by atomic mass is 9.97. The topological polar surface area (TPSA) is 21.3 Å². The van der Waals surface area contributed by atoms with E-state index in [9.17, 15) is 11.0 Å². The Balaban J connectivity index is 1.04. The fraction of sp³-hybridized carbons (Fsp3) is 0. The van der Waals surface area contributed by atoms with Gasteiger partial charge in [0.05, 0.1) is 33.1 Å². The van der Waals surface area contributed by atoms with Gasteiger partial charge in [0, 0.05) is 38.6 Å². The Morgan fingerprint density at radius 2 is 0.954 bits per heavy atom. The first kappa shape index (κ1) is 29.6. The summed E-state index contributed by atoms with van der Waals surface area (Å²) < 4.78 is 87.2. The summed E-state index contributed by atoms with van der Waals surface area (Å²) in [6.45, 7) is 0. The predicted octanol–water partition coefficient (Wildman–Crippen LogP) is 17.5. The second kappa shape index (κ2) is 15.0. The minimum Gasteiger partial charge on any atom is -0.455 e. The van der Waals surface area contributed by atoms with Crippen LogP contribution in [-0.4, -0.2) is 4.57 Å². The van der Waals surface area contributed by atoms with Crippen LogP contribution in [0, 0.1) is 0 Å². The molecular formula is C62H40N2O. The molecule has 0 aliphatic rings. The molecule has 0 N–H and O–H groups in total. The molecule has 13 rings (SSSR count). The van der Waals surface area contributed by atoms with Crippen LogP contribution >= 0.6 is 0 Å². The van der Waals surface area contributed by atoms with Gasteiger partial charge < -0.3 is 13.9 Å². The van der Waals surface area contributed by atoms with E-state index < -0.39 is 24.2 Å². The van der Waals surface area contributed by atoms with Crippen molar-refractivity contribution in [1.82, 2.24) is 4.57 Å². The van der Waals surface area contributed by atoms with E-state index in [4.69, 9.17) is 4.42 Å². The Morgan fingerprint density at radius 1 is 0.369 bits per heavy atom. The summed E-state index contributed by atoms with van der Waals surface area (Å²) in [7, 11) is 0. The van der Waals surface area contributed by atoms with Crippen LogP contribution < -0.4 is 4.90 Å². The quantitative estimate of drug-likeness (QED) is 0.159. The molecule has 0 saturated heterocycles. The second-order valence-electron chi connectivity index (χ2n) is 16.3. The highest BCUT2D eigenvalue weighted by atomic mass is 16.3. The molecule has 0 fully saturated rings. The van der Waals surface area contributed by atoms with Gasteiger partial charge in [-0.25, -0.2) is 0 Å². The van der Waals surface area contributed by atoms with Gasteiger partial charge >= 0.3 is 0 Å². The summed E-state index contributed by atoms with van der Waals surface area (Å²) in [6.07, 6.45) is 0. The largest absolute Gasteiger partial charge is 0.455 e. The molecule has 11 aromatic carbocycles. The summed E-state index contributed by atoms with van der Waals surface area (Å²) in [5.74, 6) is 0. The number of para-hydroxylation sites is 2. The highest BCUT2D eigenvalue weighted by molar-refractivity contribution is 6.19.